The second kappa shape index (κ2) is 3.59. The van der Waals surface area contributed by atoms with E-state index < -0.39 is 0 Å². The molecular weight excluding hydrogens is 200 g/mol. The summed E-state index contributed by atoms with van der Waals surface area (Å²) in [5.74, 6) is -0.0840. The van der Waals surface area contributed by atoms with Crippen molar-refractivity contribution >= 4 is 23.4 Å². The van der Waals surface area contributed by atoms with Gasteiger partial charge in [-0.1, -0.05) is 6.07 Å². The van der Waals surface area contributed by atoms with Crippen LogP contribution in [0.15, 0.2) is 34.3 Å². The lowest BCUT2D eigenvalue weighted by atomic mass is 10.1. The summed E-state index contributed by atoms with van der Waals surface area (Å²) in [5, 5.41) is 1.81. The van der Waals surface area contributed by atoms with Crippen LogP contribution in [0.4, 0.5) is 0 Å². The monoisotopic (exact) mass is 206 g/mol. The van der Waals surface area contributed by atoms with Crippen LogP contribution < -0.4 is 0 Å². The quantitative estimate of drug-likeness (QED) is 0.572. The molecule has 4 heteroatoms. The summed E-state index contributed by atoms with van der Waals surface area (Å²) >= 11 is 1.34. The van der Waals surface area contributed by atoms with Crippen molar-refractivity contribution in [1.82, 2.24) is 0 Å². The third kappa shape index (κ3) is 1.40. The SMILES string of the molecule is O=Cc1occc1C(=O)c1cccs1. The summed E-state index contributed by atoms with van der Waals surface area (Å²) < 4.78 is 4.85. The zero-order valence-electron chi connectivity index (χ0n) is 7.10. The number of thiophene rings is 1. The van der Waals surface area contributed by atoms with Crippen LogP contribution in [0.3, 0.4) is 0 Å². The maximum atomic E-state index is 11.7. The number of aldehydes is 1. The van der Waals surface area contributed by atoms with E-state index in [1.807, 2.05) is 5.38 Å². The molecule has 0 aliphatic rings. The highest BCUT2D eigenvalue weighted by molar-refractivity contribution is 7.12. The zero-order chi connectivity index (χ0) is 9.97. The van der Waals surface area contributed by atoms with Crippen molar-refractivity contribution in [1.29, 1.82) is 0 Å². The number of hydrogen-bond acceptors (Lipinski definition) is 4. The second-order valence-corrected chi connectivity index (χ2v) is 3.57. The van der Waals surface area contributed by atoms with Gasteiger partial charge in [0.05, 0.1) is 16.7 Å². The van der Waals surface area contributed by atoms with Crippen LogP contribution in [0.25, 0.3) is 0 Å². The average molecular weight is 206 g/mol. The molecule has 0 fully saturated rings. The van der Waals surface area contributed by atoms with Gasteiger partial charge in [0, 0.05) is 0 Å². The van der Waals surface area contributed by atoms with E-state index in [-0.39, 0.29) is 11.5 Å². The van der Waals surface area contributed by atoms with Crippen LogP contribution in [0, 0.1) is 0 Å². The molecule has 0 aromatic carbocycles. The number of rotatable bonds is 3. The summed E-state index contributed by atoms with van der Waals surface area (Å²) in [6.07, 6.45) is 1.88. The molecule has 2 rings (SSSR count). The van der Waals surface area contributed by atoms with Crippen LogP contribution >= 0.6 is 11.3 Å². The Bertz CT molecular complexity index is 453. The molecule has 2 aromatic heterocycles. The number of carbonyl (C=O) groups excluding carboxylic acids is 2. The Kier molecular flexibility index (Phi) is 2.28. The van der Waals surface area contributed by atoms with Gasteiger partial charge in [-0.2, -0.15) is 0 Å². The fourth-order valence-corrected chi connectivity index (χ4v) is 1.82. The van der Waals surface area contributed by atoms with E-state index in [0.717, 1.165) is 0 Å². The fraction of sp³-hybridized carbons (Fsp3) is 0. The van der Waals surface area contributed by atoms with E-state index >= 15 is 0 Å². The Hall–Kier alpha value is -1.68. The molecule has 0 N–H and O–H groups in total. The Morgan fingerprint density at radius 1 is 1.43 bits per heavy atom. The molecule has 0 bridgehead atoms. The van der Waals surface area contributed by atoms with E-state index in [4.69, 9.17) is 4.42 Å². The highest BCUT2D eigenvalue weighted by atomic mass is 32.1. The van der Waals surface area contributed by atoms with Crippen molar-refractivity contribution in [3.63, 3.8) is 0 Å². The molecule has 0 radical (unpaired) electrons. The highest BCUT2D eigenvalue weighted by Crippen LogP contribution is 2.17. The first-order chi connectivity index (χ1) is 6.83. The molecule has 0 aliphatic carbocycles. The van der Waals surface area contributed by atoms with Crippen molar-refractivity contribution < 1.29 is 14.0 Å². The first-order valence-electron chi connectivity index (χ1n) is 3.94. The van der Waals surface area contributed by atoms with Gasteiger partial charge in [-0.25, -0.2) is 0 Å². The molecule has 70 valence electrons. The molecule has 0 atom stereocenters. The zero-order valence-corrected chi connectivity index (χ0v) is 7.91. The smallest absolute Gasteiger partial charge is 0.206 e. The van der Waals surface area contributed by atoms with Crippen molar-refractivity contribution in [2.45, 2.75) is 0 Å². The van der Waals surface area contributed by atoms with E-state index in [2.05, 4.69) is 0 Å². The van der Waals surface area contributed by atoms with Crippen molar-refractivity contribution in [2.75, 3.05) is 0 Å². The van der Waals surface area contributed by atoms with E-state index in [9.17, 15) is 9.59 Å². The van der Waals surface area contributed by atoms with Gasteiger partial charge in [0.1, 0.15) is 0 Å². The lowest BCUT2D eigenvalue weighted by Crippen LogP contribution is -1.99. The Morgan fingerprint density at radius 3 is 2.93 bits per heavy atom. The van der Waals surface area contributed by atoms with Crippen molar-refractivity contribution in [3.05, 3.63) is 46.0 Å². The van der Waals surface area contributed by atoms with Gasteiger partial charge in [-0.05, 0) is 17.5 Å². The van der Waals surface area contributed by atoms with Gasteiger partial charge in [0.15, 0.2) is 12.0 Å². The molecule has 2 aromatic rings. The molecule has 2 heterocycles. The fourth-order valence-electron chi connectivity index (χ4n) is 1.14. The normalized spacial score (nSPS) is 10.0. The molecule has 0 unspecified atom stereocenters. The number of furan rings is 1. The molecule has 0 aliphatic heterocycles. The van der Waals surface area contributed by atoms with Crippen LogP contribution in [0.5, 0.6) is 0 Å². The Balaban J connectivity index is 2.41. The van der Waals surface area contributed by atoms with E-state index in [1.54, 1.807) is 12.1 Å². The van der Waals surface area contributed by atoms with Gasteiger partial charge in [0.25, 0.3) is 0 Å². The predicted octanol–water partition coefficient (Wildman–Crippen LogP) is 2.38. The molecule has 3 nitrogen and oxygen atoms in total. The summed E-state index contributed by atoms with van der Waals surface area (Å²) in [7, 11) is 0. The Morgan fingerprint density at radius 2 is 2.29 bits per heavy atom. The highest BCUT2D eigenvalue weighted by Gasteiger charge is 2.16. The molecular formula is C10H6O3S. The minimum atomic E-state index is -0.171. The number of hydrogen-bond donors (Lipinski definition) is 0. The first-order valence-corrected chi connectivity index (χ1v) is 4.82. The van der Waals surface area contributed by atoms with E-state index in [0.29, 0.717) is 16.7 Å². The lowest BCUT2D eigenvalue weighted by Gasteiger charge is -1.92. The summed E-state index contributed by atoms with van der Waals surface area (Å²) in [6.45, 7) is 0. The third-order valence-corrected chi connectivity index (χ3v) is 2.66. The summed E-state index contributed by atoms with van der Waals surface area (Å²) in [5.41, 5.74) is 0.322. The molecule has 0 saturated heterocycles. The van der Waals surface area contributed by atoms with Crippen molar-refractivity contribution in [3.8, 4) is 0 Å². The van der Waals surface area contributed by atoms with Crippen LogP contribution in [0.2, 0.25) is 0 Å². The minimum Gasteiger partial charge on any atom is -0.461 e. The minimum absolute atomic E-state index is 0.0865. The van der Waals surface area contributed by atoms with Crippen molar-refractivity contribution in [2.24, 2.45) is 0 Å². The third-order valence-electron chi connectivity index (χ3n) is 1.79. The molecule has 14 heavy (non-hydrogen) atoms. The van der Waals surface area contributed by atoms with Gasteiger partial charge in [-0.15, -0.1) is 11.3 Å². The number of ketones is 1. The van der Waals surface area contributed by atoms with Crippen LogP contribution in [0.1, 0.15) is 25.8 Å². The largest absolute Gasteiger partial charge is 0.461 e. The maximum Gasteiger partial charge on any atom is 0.206 e. The topological polar surface area (TPSA) is 47.3 Å². The molecule has 0 amide bonds. The average Bonchev–Trinajstić information content (AvgIpc) is 2.87. The summed E-state index contributed by atoms with van der Waals surface area (Å²) in [6, 6.07) is 5.01. The second-order valence-electron chi connectivity index (χ2n) is 2.62. The Labute approximate surface area is 84.0 Å². The van der Waals surface area contributed by atoms with Gasteiger partial charge < -0.3 is 4.42 Å². The standard InChI is InChI=1S/C10H6O3S/c11-6-8-7(3-4-13-8)10(12)9-2-1-5-14-9/h1-6H. The van der Waals surface area contributed by atoms with E-state index in [1.165, 1.54) is 23.7 Å². The lowest BCUT2D eigenvalue weighted by molar-refractivity contribution is 0.102. The van der Waals surface area contributed by atoms with Crippen LogP contribution in [-0.2, 0) is 0 Å². The molecule has 0 saturated carbocycles. The van der Waals surface area contributed by atoms with Crippen LogP contribution in [-0.4, -0.2) is 12.1 Å². The van der Waals surface area contributed by atoms with Gasteiger partial charge >= 0.3 is 0 Å². The predicted molar refractivity (Wildman–Crippen MR) is 51.8 cm³/mol. The molecule has 0 spiro atoms. The van der Waals surface area contributed by atoms with Gasteiger partial charge in [0.2, 0.25) is 5.78 Å². The number of carbonyl (C=O) groups is 2. The maximum absolute atomic E-state index is 11.7. The van der Waals surface area contributed by atoms with Gasteiger partial charge in [-0.3, -0.25) is 9.59 Å². The summed E-state index contributed by atoms with van der Waals surface area (Å²) in [4.78, 5) is 22.9. The first kappa shape index (κ1) is 8.90.